The van der Waals surface area contributed by atoms with E-state index in [4.69, 9.17) is 5.11 Å². The summed E-state index contributed by atoms with van der Waals surface area (Å²) >= 11 is 1.66. The molecule has 4 heteroatoms. The van der Waals surface area contributed by atoms with Crippen LogP contribution in [0.5, 0.6) is 5.75 Å². The smallest absolute Gasteiger partial charge is 0.328 e. The number of hydrogen-bond acceptors (Lipinski definition) is 3. The molecule has 0 aliphatic heterocycles. The first-order valence-corrected chi connectivity index (χ1v) is 12.1. The SMILES string of the molecule is O=C(O)C=Cc1cccc(-c2csc3cc(O)c(C45CC6CC(CC(C6)C4)C5)cc23)c1. The number of phenols is 1. The van der Waals surface area contributed by atoms with Crippen molar-refractivity contribution in [1.29, 1.82) is 0 Å². The van der Waals surface area contributed by atoms with E-state index in [1.807, 2.05) is 24.3 Å². The van der Waals surface area contributed by atoms with Crippen molar-refractivity contribution in [1.82, 2.24) is 0 Å². The Morgan fingerprint density at radius 1 is 1.03 bits per heavy atom. The molecule has 0 saturated heterocycles. The van der Waals surface area contributed by atoms with Crippen LogP contribution in [0.15, 0.2) is 47.9 Å². The number of aliphatic carboxylic acids is 1. The van der Waals surface area contributed by atoms with Crippen molar-refractivity contribution in [3.8, 4) is 16.9 Å². The zero-order valence-electron chi connectivity index (χ0n) is 17.4. The Balaban J connectivity index is 1.45. The van der Waals surface area contributed by atoms with Crippen LogP contribution in [0.25, 0.3) is 27.3 Å². The largest absolute Gasteiger partial charge is 0.508 e. The van der Waals surface area contributed by atoms with Gasteiger partial charge < -0.3 is 10.2 Å². The van der Waals surface area contributed by atoms with Crippen molar-refractivity contribution in [2.24, 2.45) is 17.8 Å². The Morgan fingerprint density at radius 3 is 2.42 bits per heavy atom. The fourth-order valence-electron chi connectivity index (χ4n) is 7.13. The van der Waals surface area contributed by atoms with Gasteiger partial charge in [0, 0.05) is 27.3 Å². The highest BCUT2D eigenvalue weighted by Crippen LogP contribution is 2.62. The normalized spacial score (nSPS) is 29.2. The van der Waals surface area contributed by atoms with Crippen LogP contribution in [0.4, 0.5) is 0 Å². The van der Waals surface area contributed by atoms with Crippen LogP contribution in [-0.4, -0.2) is 16.2 Å². The number of hydrogen-bond donors (Lipinski definition) is 2. The summed E-state index contributed by atoms with van der Waals surface area (Å²) in [7, 11) is 0. The molecule has 1 aromatic heterocycles. The molecule has 4 saturated carbocycles. The van der Waals surface area contributed by atoms with Gasteiger partial charge in [-0.15, -0.1) is 11.3 Å². The van der Waals surface area contributed by atoms with Gasteiger partial charge in [0.1, 0.15) is 5.75 Å². The molecule has 158 valence electrons. The molecule has 0 radical (unpaired) electrons. The van der Waals surface area contributed by atoms with E-state index in [0.29, 0.717) is 5.75 Å². The summed E-state index contributed by atoms with van der Waals surface area (Å²) < 4.78 is 1.10. The maximum Gasteiger partial charge on any atom is 0.328 e. The average molecular weight is 431 g/mol. The number of carbonyl (C=O) groups is 1. The minimum absolute atomic E-state index is 0.151. The van der Waals surface area contributed by atoms with E-state index in [1.165, 1.54) is 55.6 Å². The standard InChI is InChI=1S/C27H26O3S/c28-24-11-25-21(10-23(24)27-12-17-6-18(13-27)8-19(7-17)14-27)22(15-31-25)20-3-1-2-16(9-20)4-5-26(29)30/h1-5,9-11,15,17-19,28H,6-8,12-14H2,(H,29,30). The summed E-state index contributed by atoms with van der Waals surface area (Å²) in [6.45, 7) is 0. The van der Waals surface area contributed by atoms with Gasteiger partial charge in [0.15, 0.2) is 0 Å². The highest BCUT2D eigenvalue weighted by Gasteiger charge is 2.52. The Morgan fingerprint density at radius 2 is 1.74 bits per heavy atom. The molecule has 0 amide bonds. The summed E-state index contributed by atoms with van der Waals surface area (Å²) in [5.41, 5.74) is 4.44. The van der Waals surface area contributed by atoms with E-state index in [-0.39, 0.29) is 5.41 Å². The zero-order valence-corrected chi connectivity index (χ0v) is 18.2. The topological polar surface area (TPSA) is 57.5 Å². The molecular formula is C27H26O3S. The highest BCUT2D eigenvalue weighted by molar-refractivity contribution is 7.17. The maximum absolute atomic E-state index is 11.1. The second-order valence-corrected chi connectivity index (χ2v) is 10.9. The third kappa shape index (κ3) is 3.20. The summed E-state index contributed by atoms with van der Waals surface area (Å²) in [4.78, 5) is 10.9. The Labute approximate surface area is 186 Å². The van der Waals surface area contributed by atoms with Crippen molar-refractivity contribution in [3.05, 3.63) is 59.0 Å². The number of phenolic OH excluding ortho intramolecular Hbond substituents is 1. The fraction of sp³-hybridized carbons (Fsp3) is 0.370. The lowest BCUT2D eigenvalue weighted by Gasteiger charge is -2.57. The number of thiophene rings is 1. The zero-order chi connectivity index (χ0) is 21.2. The molecule has 2 N–H and O–H groups in total. The molecule has 3 aromatic rings. The number of carboxylic acid groups (broad SMARTS) is 1. The van der Waals surface area contributed by atoms with E-state index in [0.717, 1.165) is 39.1 Å². The minimum atomic E-state index is -0.943. The van der Waals surface area contributed by atoms with Gasteiger partial charge >= 0.3 is 5.97 Å². The summed E-state index contributed by atoms with van der Waals surface area (Å²) in [5, 5.41) is 23.4. The van der Waals surface area contributed by atoms with E-state index in [9.17, 15) is 9.90 Å². The van der Waals surface area contributed by atoms with Gasteiger partial charge in [-0.05, 0) is 102 Å². The number of benzene rings is 2. The Kier molecular flexibility index (Phi) is 4.29. The summed E-state index contributed by atoms with van der Waals surface area (Å²) in [6, 6.07) is 12.3. The Hall–Kier alpha value is -2.59. The van der Waals surface area contributed by atoms with Gasteiger partial charge in [0.25, 0.3) is 0 Å². The van der Waals surface area contributed by atoms with Gasteiger partial charge in [-0.1, -0.05) is 18.2 Å². The monoisotopic (exact) mass is 430 g/mol. The number of aromatic hydroxyl groups is 1. The molecule has 31 heavy (non-hydrogen) atoms. The van der Waals surface area contributed by atoms with Crippen molar-refractivity contribution >= 4 is 33.5 Å². The van der Waals surface area contributed by atoms with E-state index < -0.39 is 5.97 Å². The van der Waals surface area contributed by atoms with Crippen LogP contribution in [0.1, 0.15) is 49.7 Å². The number of rotatable bonds is 4. The van der Waals surface area contributed by atoms with Crippen LogP contribution < -0.4 is 0 Å². The van der Waals surface area contributed by atoms with Crippen LogP contribution in [0.3, 0.4) is 0 Å². The first kappa shape index (κ1) is 19.1. The molecule has 4 bridgehead atoms. The maximum atomic E-state index is 11.1. The van der Waals surface area contributed by atoms with E-state index in [2.05, 4.69) is 17.5 Å². The second-order valence-electron chi connectivity index (χ2n) is 10.0. The van der Waals surface area contributed by atoms with Gasteiger partial charge in [0.2, 0.25) is 0 Å². The Bertz CT molecular complexity index is 1180. The first-order chi connectivity index (χ1) is 15.0. The lowest BCUT2D eigenvalue weighted by molar-refractivity contribution is -0.131. The molecular weight excluding hydrogens is 404 g/mol. The van der Waals surface area contributed by atoms with Crippen molar-refractivity contribution in [2.75, 3.05) is 0 Å². The molecule has 0 unspecified atom stereocenters. The average Bonchev–Trinajstić information content (AvgIpc) is 3.13. The second kappa shape index (κ2) is 6.96. The fourth-order valence-corrected chi connectivity index (χ4v) is 8.11. The van der Waals surface area contributed by atoms with Crippen molar-refractivity contribution < 1.29 is 15.0 Å². The third-order valence-corrected chi connectivity index (χ3v) is 8.86. The molecule has 3 nitrogen and oxygen atoms in total. The minimum Gasteiger partial charge on any atom is -0.508 e. The molecule has 0 spiro atoms. The van der Waals surface area contributed by atoms with Gasteiger partial charge in [-0.2, -0.15) is 0 Å². The predicted molar refractivity (Wildman–Crippen MR) is 125 cm³/mol. The van der Waals surface area contributed by atoms with Gasteiger partial charge in [-0.25, -0.2) is 4.79 Å². The quantitative estimate of drug-likeness (QED) is 0.446. The first-order valence-electron chi connectivity index (χ1n) is 11.3. The third-order valence-electron chi connectivity index (χ3n) is 7.92. The molecule has 1 heterocycles. The van der Waals surface area contributed by atoms with E-state index >= 15 is 0 Å². The molecule has 7 rings (SSSR count). The van der Waals surface area contributed by atoms with Crippen LogP contribution in [0.2, 0.25) is 0 Å². The van der Waals surface area contributed by atoms with Crippen LogP contribution in [0, 0.1) is 17.8 Å². The highest BCUT2D eigenvalue weighted by atomic mass is 32.1. The lowest BCUT2D eigenvalue weighted by atomic mass is 9.48. The summed E-state index contributed by atoms with van der Waals surface area (Å²) in [6.07, 6.45) is 10.7. The van der Waals surface area contributed by atoms with Crippen molar-refractivity contribution in [3.63, 3.8) is 0 Å². The number of carboxylic acids is 1. The van der Waals surface area contributed by atoms with Crippen LogP contribution >= 0.6 is 11.3 Å². The molecule has 0 atom stereocenters. The van der Waals surface area contributed by atoms with Gasteiger partial charge in [0.05, 0.1) is 0 Å². The predicted octanol–water partition coefficient (Wildman–Crippen LogP) is 6.84. The number of fused-ring (bicyclic) bond motifs is 1. The van der Waals surface area contributed by atoms with E-state index in [1.54, 1.807) is 17.4 Å². The van der Waals surface area contributed by atoms with Crippen molar-refractivity contribution in [2.45, 2.75) is 43.9 Å². The molecule has 4 fully saturated rings. The lowest BCUT2D eigenvalue weighted by Crippen LogP contribution is -2.48. The molecule has 2 aromatic carbocycles. The van der Waals surface area contributed by atoms with Crippen LogP contribution in [-0.2, 0) is 10.2 Å². The molecule has 4 aliphatic carbocycles. The summed E-state index contributed by atoms with van der Waals surface area (Å²) in [5.74, 6) is 2.03. The molecule has 4 aliphatic rings. The van der Waals surface area contributed by atoms with Gasteiger partial charge in [-0.3, -0.25) is 0 Å².